The molecule has 0 unspecified atom stereocenters. The second-order valence-electron chi connectivity index (χ2n) is 4.71. The van der Waals surface area contributed by atoms with Crippen molar-refractivity contribution in [3.63, 3.8) is 0 Å². The van der Waals surface area contributed by atoms with Crippen LogP contribution in [0.4, 0.5) is 10.1 Å². The Morgan fingerprint density at radius 3 is 2.55 bits per heavy atom. The van der Waals surface area contributed by atoms with Gasteiger partial charge in [0.05, 0.1) is 0 Å². The van der Waals surface area contributed by atoms with Crippen LogP contribution in [0.2, 0.25) is 0 Å². The Kier molecular flexibility index (Phi) is 3.42. The summed E-state index contributed by atoms with van der Waals surface area (Å²) in [6.45, 7) is 2.75. The highest BCUT2D eigenvalue weighted by molar-refractivity contribution is 5.82. The maximum absolute atomic E-state index is 12.9. The molecule has 0 amide bonds. The summed E-state index contributed by atoms with van der Waals surface area (Å²) in [7, 11) is 0. The molecule has 0 saturated heterocycles. The van der Waals surface area contributed by atoms with Crippen LogP contribution in [0.15, 0.2) is 52.9 Å². The first kappa shape index (κ1) is 12.7. The van der Waals surface area contributed by atoms with Gasteiger partial charge in [0, 0.05) is 29.6 Å². The second kappa shape index (κ2) is 5.37. The van der Waals surface area contributed by atoms with Gasteiger partial charge in [-0.1, -0.05) is 25.1 Å². The molecule has 0 atom stereocenters. The lowest BCUT2D eigenvalue weighted by molar-refractivity contribution is 0.551. The fourth-order valence-electron chi connectivity index (χ4n) is 2.39. The van der Waals surface area contributed by atoms with Crippen molar-refractivity contribution in [1.29, 1.82) is 0 Å². The molecule has 1 aromatic heterocycles. The molecular formula is C17H16FNO. The fourth-order valence-corrected chi connectivity index (χ4v) is 2.39. The van der Waals surface area contributed by atoms with Crippen molar-refractivity contribution in [3.8, 4) is 0 Å². The number of para-hydroxylation sites is 1. The Hall–Kier alpha value is -2.29. The smallest absolute Gasteiger partial charge is 0.134 e. The number of benzene rings is 2. The van der Waals surface area contributed by atoms with E-state index in [1.165, 1.54) is 17.7 Å². The third-order valence-corrected chi connectivity index (χ3v) is 3.42. The Morgan fingerprint density at radius 2 is 1.80 bits per heavy atom. The average molecular weight is 269 g/mol. The number of aryl methyl sites for hydroxylation is 1. The minimum Gasteiger partial charge on any atom is -0.461 e. The molecule has 3 heteroatoms. The number of rotatable bonds is 4. The van der Waals surface area contributed by atoms with Crippen LogP contribution in [0.1, 0.15) is 18.2 Å². The Balaban J connectivity index is 1.88. The highest BCUT2D eigenvalue weighted by atomic mass is 19.1. The molecule has 0 bridgehead atoms. The molecule has 20 heavy (non-hydrogen) atoms. The number of nitrogens with one attached hydrogen (secondary N) is 1. The van der Waals surface area contributed by atoms with E-state index in [-0.39, 0.29) is 5.82 Å². The van der Waals surface area contributed by atoms with Crippen molar-refractivity contribution in [3.05, 3.63) is 65.7 Å². The van der Waals surface area contributed by atoms with Gasteiger partial charge >= 0.3 is 0 Å². The molecular weight excluding hydrogens is 253 g/mol. The molecule has 1 N–H and O–H groups in total. The minimum atomic E-state index is -0.224. The molecule has 3 rings (SSSR count). The van der Waals surface area contributed by atoms with Gasteiger partial charge in [0.15, 0.2) is 0 Å². The monoisotopic (exact) mass is 269 g/mol. The number of anilines is 1. The summed E-state index contributed by atoms with van der Waals surface area (Å²) < 4.78 is 18.7. The third-order valence-electron chi connectivity index (χ3n) is 3.42. The summed E-state index contributed by atoms with van der Waals surface area (Å²) in [6.07, 6.45) is 0.856. The maximum Gasteiger partial charge on any atom is 0.134 e. The summed E-state index contributed by atoms with van der Waals surface area (Å²) in [6, 6.07) is 14.4. The van der Waals surface area contributed by atoms with Crippen molar-refractivity contribution >= 4 is 16.7 Å². The molecule has 0 aliphatic rings. The molecule has 0 saturated carbocycles. The molecule has 0 radical (unpaired) electrons. The topological polar surface area (TPSA) is 25.2 Å². The van der Waals surface area contributed by atoms with Gasteiger partial charge in [-0.2, -0.15) is 0 Å². The van der Waals surface area contributed by atoms with Crippen molar-refractivity contribution in [2.45, 2.75) is 19.9 Å². The first-order chi connectivity index (χ1) is 9.78. The molecule has 2 aromatic carbocycles. The van der Waals surface area contributed by atoms with Gasteiger partial charge in [0.2, 0.25) is 0 Å². The van der Waals surface area contributed by atoms with Crippen molar-refractivity contribution < 1.29 is 8.81 Å². The zero-order valence-electron chi connectivity index (χ0n) is 11.3. The highest BCUT2D eigenvalue weighted by Crippen LogP contribution is 2.27. The van der Waals surface area contributed by atoms with Crippen molar-refractivity contribution in [2.75, 3.05) is 5.32 Å². The van der Waals surface area contributed by atoms with Gasteiger partial charge < -0.3 is 9.73 Å². The normalized spacial score (nSPS) is 10.9. The number of fused-ring (bicyclic) bond motifs is 1. The quantitative estimate of drug-likeness (QED) is 0.739. The van der Waals surface area contributed by atoms with Crippen molar-refractivity contribution in [1.82, 2.24) is 0 Å². The lowest BCUT2D eigenvalue weighted by Crippen LogP contribution is -2.01. The molecule has 102 valence electrons. The highest BCUT2D eigenvalue weighted by Gasteiger charge is 2.11. The van der Waals surface area contributed by atoms with Crippen LogP contribution in [0.25, 0.3) is 11.0 Å². The summed E-state index contributed by atoms with van der Waals surface area (Å²) in [4.78, 5) is 0. The van der Waals surface area contributed by atoms with E-state index in [0.717, 1.165) is 28.8 Å². The van der Waals surface area contributed by atoms with Gasteiger partial charge in [-0.25, -0.2) is 4.39 Å². The average Bonchev–Trinajstić information content (AvgIpc) is 2.84. The predicted molar refractivity (Wildman–Crippen MR) is 79.3 cm³/mol. The van der Waals surface area contributed by atoms with Crippen LogP contribution in [0, 0.1) is 5.82 Å². The summed E-state index contributed by atoms with van der Waals surface area (Å²) in [5, 5.41) is 4.45. The Morgan fingerprint density at radius 1 is 1.05 bits per heavy atom. The van der Waals surface area contributed by atoms with Gasteiger partial charge in [0.25, 0.3) is 0 Å². The number of hydrogen-bond donors (Lipinski definition) is 1. The van der Waals surface area contributed by atoms with E-state index in [2.05, 4.69) is 18.3 Å². The summed E-state index contributed by atoms with van der Waals surface area (Å²) >= 11 is 0. The fraction of sp³-hybridized carbons (Fsp3) is 0.176. The van der Waals surface area contributed by atoms with E-state index in [1.54, 1.807) is 12.1 Å². The molecule has 0 aliphatic heterocycles. The SMILES string of the molecule is CCc1oc2ccccc2c1CNc1ccc(F)cc1. The standard InChI is InChI=1S/C17H16FNO/c1-2-16-15(14-5-3-4-6-17(14)20-16)11-19-13-9-7-12(18)8-10-13/h3-10,19H,2,11H2,1H3. The lowest BCUT2D eigenvalue weighted by Gasteiger charge is -2.06. The molecule has 3 aromatic rings. The summed E-state index contributed by atoms with van der Waals surface area (Å²) in [5.41, 5.74) is 2.99. The minimum absolute atomic E-state index is 0.224. The Labute approximate surface area is 117 Å². The van der Waals surface area contributed by atoms with Gasteiger partial charge in [-0.05, 0) is 30.3 Å². The first-order valence-corrected chi connectivity index (χ1v) is 6.76. The zero-order chi connectivity index (χ0) is 13.9. The number of hydrogen-bond acceptors (Lipinski definition) is 2. The van der Waals surface area contributed by atoms with E-state index in [9.17, 15) is 4.39 Å². The van der Waals surface area contributed by atoms with Gasteiger partial charge in [0.1, 0.15) is 17.2 Å². The van der Waals surface area contributed by atoms with E-state index in [1.807, 2.05) is 18.2 Å². The van der Waals surface area contributed by atoms with Crippen LogP contribution in [0.3, 0.4) is 0 Å². The van der Waals surface area contributed by atoms with Crippen LogP contribution in [-0.4, -0.2) is 0 Å². The third kappa shape index (κ3) is 2.39. The van der Waals surface area contributed by atoms with E-state index in [4.69, 9.17) is 4.42 Å². The Bertz CT molecular complexity index is 715. The predicted octanol–water partition coefficient (Wildman–Crippen LogP) is 4.75. The van der Waals surface area contributed by atoms with Crippen LogP contribution in [0.5, 0.6) is 0 Å². The van der Waals surface area contributed by atoms with Crippen LogP contribution in [-0.2, 0) is 13.0 Å². The second-order valence-corrected chi connectivity index (χ2v) is 4.71. The maximum atomic E-state index is 12.9. The first-order valence-electron chi connectivity index (χ1n) is 6.76. The summed E-state index contributed by atoms with van der Waals surface area (Å²) in [5.74, 6) is 0.777. The van der Waals surface area contributed by atoms with Crippen LogP contribution >= 0.6 is 0 Å². The molecule has 0 fully saturated rings. The molecule has 2 nitrogen and oxygen atoms in total. The lowest BCUT2D eigenvalue weighted by atomic mass is 10.1. The van der Waals surface area contributed by atoms with Gasteiger partial charge in [-0.15, -0.1) is 0 Å². The van der Waals surface area contributed by atoms with E-state index in [0.29, 0.717) is 6.54 Å². The molecule has 0 aliphatic carbocycles. The molecule has 1 heterocycles. The number of halogens is 1. The van der Waals surface area contributed by atoms with Crippen LogP contribution < -0.4 is 5.32 Å². The van der Waals surface area contributed by atoms with Gasteiger partial charge in [-0.3, -0.25) is 0 Å². The molecule has 0 spiro atoms. The van der Waals surface area contributed by atoms with E-state index < -0.39 is 0 Å². The zero-order valence-corrected chi connectivity index (χ0v) is 11.3. The van der Waals surface area contributed by atoms with Crippen molar-refractivity contribution in [2.24, 2.45) is 0 Å². The van der Waals surface area contributed by atoms with E-state index >= 15 is 0 Å². The number of furan rings is 1. The largest absolute Gasteiger partial charge is 0.461 e.